The van der Waals surface area contributed by atoms with E-state index in [-0.39, 0.29) is 25.3 Å². The Balaban J connectivity index is 2.42. The summed E-state index contributed by atoms with van der Waals surface area (Å²) < 4.78 is 68.1. The zero-order chi connectivity index (χ0) is 18.2. The number of nitrogens with zero attached hydrogens (tertiary/aromatic N) is 1. The van der Waals surface area contributed by atoms with Gasteiger partial charge in [0.1, 0.15) is 6.10 Å². The summed E-state index contributed by atoms with van der Waals surface area (Å²) in [7, 11) is -4.09. The molecule has 1 aromatic rings. The first-order chi connectivity index (χ1) is 11.0. The normalized spacial score (nSPS) is 26.3. The highest BCUT2D eigenvalue weighted by molar-refractivity contribution is 7.92. The van der Waals surface area contributed by atoms with Gasteiger partial charge in [0.05, 0.1) is 15.2 Å². The van der Waals surface area contributed by atoms with E-state index >= 15 is 0 Å². The van der Waals surface area contributed by atoms with Gasteiger partial charge in [-0.3, -0.25) is 0 Å². The lowest BCUT2D eigenvalue weighted by atomic mass is 9.96. The highest BCUT2D eigenvalue weighted by Gasteiger charge is 2.46. The van der Waals surface area contributed by atoms with Crippen LogP contribution >= 0.6 is 0 Å². The Hall–Kier alpha value is -1.81. The van der Waals surface area contributed by atoms with E-state index in [4.69, 9.17) is 15.7 Å². The molecular formula is C14H17F3N2O4S. The summed E-state index contributed by atoms with van der Waals surface area (Å²) in [6.07, 6.45) is -5.60. The third-order valence-electron chi connectivity index (χ3n) is 4.13. The molecule has 1 aliphatic rings. The number of ether oxygens (including phenoxy) is 1. The second kappa shape index (κ2) is 6.25. The number of sulfone groups is 1. The van der Waals surface area contributed by atoms with E-state index < -0.39 is 37.3 Å². The van der Waals surface area contributed by atoms with Gasteiger partial charge >= 0.3 is 6.18 Å². The maximum absolute atomic E-state index is 12.9. The molecule has 0 aliphatic carbocycles. The summed E-state index contributed by atoms with van der Waals surface area (Å²) in [5, 5.41) is 11.5. The number of hydrogen-bond donors (Lipinski definition) is 2. The molecule has 0 spiro atoms. The van der Waals surface area contributed by atoms with Crippen molar-refractivity contribution in [3.8, 4) is 0 Å². The van der Waals surface area contributed by atoms with Gasteiger partial charge in [0.25, 0.3) is 0 Å². The molecule has 0 radical (unpaired) electrons. The summed E-state index contributed by atoms with van der Waals surface area (Å²) in [4.78, 5) is -0.417. The fourth-order valence-corrected chi connectivity index (χ4v) is 4.42. The number of hydrogen-bond acceptors (Lipinski definition) is 5. The van der Waals surface area contributed by atoms with Crippen LogP contribution in [-0.4, -0.2) is 36.9 Å². The number of oxime groups is 1. The second-order valence-electron chi connectivity index (χ2n) is 5.82. The molecule has 0 saturated carbocycles. The standard InChI is InChI=1S/C14H17F3N2O4S/c1-13(5-6-23-11(8-13)12(18)19-20)24(21,22)10-4-2-3-9(7-10)14(15,16)17/h2-4,7,11,20H,5-6,8H2,1H3,(H2,18,19). The molecule has 24 heavy (non-hydrogen) atoms. The molecule has 2 unspecified atom stereocenters. The van der Waals surface area contributed by atoms with Gasteiger partial charge in [0.2, 0.25) is 0 Å². The minimum Gasteiger partial charge on any atom is -0.409 e. The van der Waals surface area contributed by atoms with Crippen LogP contribution in [0.4, 0.5) is 13.2 Å². The van der Waals surface area contributed by atoms with Crippen LogP contribution in [0.2, 0.25) is 0 Å². The van der Waals surface area contributed by atoms with Crippen molar-refractivity contribution >= 4 is 15.7 Å². The van der Waals surface area contributed by atoms with Crippen molar-refractivity contribution in [3.05, 3.63) is 29.8 Å². The monoisotopic (exact) mass is 366 g/mol. The van der Waals surface area contributed by atoms with Crippen LogP contribution in [0.1, 0.15) is 25.3 Å². The topological polar surface area (TPSA) is 102 Å². The molecule has 134 valence electrons. The van der Waals surface area contributed by atoms with Gasteiger partial charge < -0.3 is 15.7 Å². The number of rotatable bonds is 3. The van der Waals surface area contributed by atoms with E-state index in [9.17, 15) is 21.6 Å². The minimum absolute atomic E-state index is 0.0234. The van der Waals surface area contributed by atoms with Crippen LogP contribution in [0.5, 0.6) is 0 Å². The highest BCUT2D eigenvalue weighted by atomic mass is 32.2. The first kappa shape index (κ1) is 18.5. The molecule has 6 nitrogen and oxygen atoms in total. The average molecular weight is 366 g/mol. The maximum atomic E-state index is 12.9. The summed E-state index contributed by atoms with van der Waals surface area (Å²) in [5.74, 6) is -0.278. The van der Waals surface area contributed by atoms with Gasteiger partial charge in [0, 0.05) is 13.0 Å². The summed E-state index contributed by atoms with van der Waals surface area (Å²) in [5.41, 5.74) is 4.43. The SMILES string of the molecule is CC1(S(=O)(=O)c2cccc(C(F)(F)F)c2)CCOC(C(N)=NO)C1. The minimum atomic E-state index is -4.64. The van der Waals surface area contributed by atoms with Gasteiger partial charge in [-0.1, -0.05) is 11.2 Å². The molecule has 1 aromatic carbocycles. The van der Waals surface area contributed by atoms with E-state index in [1.165, 1.54) is 6.92 Å². The van der Waals surface area contributed by atoms with Crippen LogP contribution in [0.3, 0.4) is 0 Å². The molecule has 2 rings (SSSR count). The van der Waals surface area contributed by atoms with Crippen LogP contribution in [0.25, 0.3) is 0 Å². The van der Waals surface area contributed by atoms with Crippen LogP contribution in [-0.2, 0) is 20.8 Å². The Morgan fingerprint density at radius 3 is 2.71 bits per heavy atom. The molecule has 0 amide bonds. The van der Waals surface area contributed by atoms with Crippen molar-refractivity contribution < 1.29 is 31.5 Å². The lowest BCUT2D eigenvalue weighted by Crippen LogP contribution is -2.48. The van der Waals surface area contributed by atoms with E-state index in [0.29, 0.717) is 6.07 Å². The van der Waals surface area contributed by atoms with Gasteiger partial charge in [0.15, 0.2) is 15.7 Å². The molecule has 1 aliphatic heterocycles. The third kappa shape index (κ3) is 3.34. The molecular weight excluding hydrogens is 349 g/mol. The Kier molecular flexibility index (Phi) is 4.82. The zero-order valence-electron chi connectivity index (χ0n) is 12.7. The van der Waals surface area contributed by atoms with E-state index in [0.717, 1.165) is 18.2 Å². The van der Waals surface area contributed by atoms with E-state index in [1.807, 2.05) is 0 Å². The molecule has 1 saturated heterocycles. The number of halogens is 3. The first-order valence-corrected chi connectivity index (χ1v) is 8.50. The second-order valence-corrected chi connectivity index (χ2v) is 8.28. The van der Waals surface area contributed by atoms with Gasteiger partial charge in [-0.25, -0.2) is 8.42 Å². The Morgan fingerprint density at radius 2 is 2.12 bits per heavy atom. The van der Waals surface area contributed by atoms with Gasteiger partial charge in [-0.15, -0.1) is 0 Å². The molecule has 2 atom stereocenters. The molecule has 3 N–H and O–H groups in total. The predicted octanol–water partition coefficient (Wildman–Crippen LogP) is 2.16. The largest absolute Gasteiger partial charge is 0.416 e. The first-order valence-electron chi connectivity index (χ1n) is 7.02. The van der Waals surface area contributed by atoms with Crippen LogP contribution < -0.4 is 5.73 Å². The number of benzene rings is 1. The van der Waals surface area contributed by atoms with E-state index in [1.54, 1.807) is 0 Å². The van der Waals surface area contributed by atoms with Crippen LogP contribution in [0.15, 0.2) is 34.3 Å². The summed E-state index contributed by atoms with van der Waals surface area (Å²) in [6.45, 7) is 1.44. The quantitative estimate of drug-likeness (QED) is 0.369. The molecule has 0 bridgehead atoms. The van der Waals surface area contributed by atoms with Crippen molar-refractivity contribution in [2.24, 2.45) is 10.9 Å². The predicted molar refractivity (Wildman–Crippen MR) is 79.4 cm³/mol. The number of alkyl halides is 3. The molecule has 1 heterocycles. The number of nitrogens with two attached hydrogens (primary N) is 1. The zero-order valence-corrected chi connectivity index (χ0v) is 13.6. The Bertz CT molecular complexity index is 749. The fraction of sp³-hybridized carbons (Fsp3) is 0.500. The maximum Gasteiger partial charge on any atom is 0.416 e. The molecule has 1 fully saturated rings. The Morgan fingerprint density at radius 1 is 1.46 bits per heavy atom. The fourth-order valence-electron chi connectivity index (χ4n) is 2.59. The average Bonchev–Trinajstić information content (AvgIpc) is 2.53. The highest BCUT2D eigenvalue weighted by Crippen LogP contribution is 2.38. The van der Waals surface area contributed by atoms with Crippen LogP contribution in [0, 0.1) is 0 Å². The van der Waals surface area contributed by atoms with Crippen molar-refractivity contribution in [3.63, 3.8) is 0 Å². The lowest BCUT2D eigenvalue weighted by Gasteiger charge is -2.37. The van der Waals surface area contributed by atoms with Crippen molar-refractivity contribution in [2.45, 2.75) is 41.7 Å². The van der Waals surface area contributed by atoms with Crippen molar-refractivity contribution in [2.75, 3.05) is 6.61 Å². The molecule has 0 aromatic heterocycles. The Labute approximate surface area is 137 Å². The van der Waals surface area contributed by atoms with Crippen molar-refractivity contribution in [1.82, 2.24) is 0 Å². The van der Waals surface area contributed by atoms with E-state index in [2.05, 4.69) is 5.16 Å². The smallest absolute Gasteiger partial charge is 0.409 e. The summed E-state index contributed by atoms with van der Waals surface area (Å²) >= 11 is 0. The molecule has 10 heteroatoms. The third-order valence-corrected chi connectivity index (χ3v) is 6.68. The number of amidine groups is 1. The summed E-state index contributed by atoms with van der Waals surface area (Å²) in [6, 6.07) is 3.61. The van der Waals surface area contributed by atoms with Gasteiger partial charge in [-0.2, -0.15) is 13.2 Å². The lowest BCUT2D eigenvalue weighted by molar-refractivity contribution is -0.137. The van der Waals surface area contributed by atoms with Gasteiger partial charge in [-0.05, 0) is 31.5 Å². The van der Waals surface area contributed by atoms with Crippen molar-refractivity contribution in [1.29, 1.82) is 0 Å².